The summed E-state index contributed by atoms with van der Waals surface area (Å²) in [5.74, 6) is 0.791. The van der Waals surface area contributed by atoms with Crippen molar-refractivity contribution in [3.63, 3.8) is 0 Å². The molecule has 0 unspecified atom stereocenters. The first kappa shape index (κ1) is 13.5. The zero-order chi connectivity index (χ0) is 14.8. The van der Waals surface area contributed by atoms with Gasteiger partial charge in [-0.3, -0.25) is 4.79 Å². The fraction of sp³-hybridized carbons (Fsp3) is 0.267. The molecule has 6 nitrogen and oxygen atoms in total. The van der Waals surface area contributed by atoms with E-state index in [1.165, 1.54) is 0 Å². The number of nitrogens with one attached hydrogen (secondary N) is 2. The molecular weight excluding hydrogens is 268 g/mol. The molecule has 2 heterocycles. The molecule has 2 N–H and O–H groups in total. The normalized spacial score (nSPS) is 13.7. The zero-order valence-electron chi connectivity index (χ0n) is 11.9. The molecule has 0 saturated carbocycles. The summed E-state index contributed by atoms with van der Waals surface area (Å²) in [5, 5.41) is 13.9. The summed E-state index contributed by atoms with van der Waals surface area (Å²) in [5.41, 5.74) is 3.28. The minimum absolute atomic E-state index is 0.102. The molecule has 2 aromatic rings. The second-order valence-electron chi connectivity index (χ2n) is 4.96. The average molecular weight is 284 g/mol. The molecule has 6 heteroatoms. The van der Waals surface area contributed by atoms with Gasteiger partial charge in [-0.05, 0) is 24.6 Å². The standard InChI is InChI=1S/C15H16N4O2/c1-9(11-7-16-8-11)14(20)17-13-6-4-3-5-12(13)15-19-18-10(2)21-15/h3-6,16H,7-8H2,1-2H3,(H,17,20). The van der Waals surface area contributed by atoms with Crippen LogP contribution in [0.1, 0.15) is 12.8 Å². The lowest BCUT2D eigenvalue weighted by Crippen LogP contribution is -2.36. The van der Waals surface area contributed by atoms with Crippen molar-refractivity contribution in [2.75, 3.05) is 18.4 Å². The zero-order valence-corrected chi connectivity index (χ0v) is 11.9. The number of carbonyl (C=O) groups excluding carboxylic acids is 1. The molecule has 1 aliphatic heterocycles. The number of amides is 1. The third kappa shape index (κ3) is 2.71. The van der Waals surface area contributed by atoms with Crippen LogP contribution in [0.15, 0.2) is 39.8 Å². The lowest BCUT2D eigenvalue weighted by molar-refractivity contribution is -0.112. The van der Waals surface area contributed by atoms with E-state index in [1.807, 2.05) is 31.2 Å². The molecule has 21 heavy (non-hydrogen) atoms. The van der Waals surface area contributed by atoms with Gasteiger partial charge in [0.25, 0.3) is 5.91 Å². The van der Waals surface area contributed by atoms with Gasteiger partial charge >= 0.3 is 0 Å². The van der Waals surface area contributed by atoms with Gasteiger partial charge in [0.1, 0.15) is 0 Å². The molecule has 1 aromatic carbocycles. The van der Waals surface area contributed by atoms with Crippen LogP contribution in [0.4, 0.5) is 5.69 Å². The van der Waals surface area contributed by atoms with E-state index < -0.39 is 0 Å². The summed E-state index contributed by atoms with van der Waals surface area (Å²) in [4.78, 5) is 12.3. The van der Waals surface area contributed by atoms with Gasteiger partial charge in [0.05, 0.1) is 11.3 Å². The van der Waals surface area contributed by atoms with Crippen molar-refractivity contribution in [1.29, 1.82) is 0 Å². The van der Waals surface area contributed by atoms with Crippen LogP contribution in [0.2, 0.25) is 0 Å². The maximum absolute atomic E-state index is 12.3. The van der Waals surface area contributed by atoms with E-state index in [4.69, 9.17) is 4.42 Å². The second-order valence-corrected chi connectivity index (χ2v) is 4.96. The molecule has 1 aliphatic rings. The van der Waals surface area contributed by atoms with Crippen molar-refractivity contribution < 1.29 is 9.21 Å². The Morgan fingerprint density at radius 3 is 2.67 bits per heavy atom. The first-order valence-electron chi connectivity index (χ1n) is 6.75. The fourth-order valence-electron chi connectivity index (χ4n) is 2.08. The molecule has 0 spiro atoms. The van der Waals surface area contributed by atoms with Gasteiger partial charge < -0.3 is 15.1 Å². The van der Waals surface area contributed by atoms with Crippen LogP contribution in [0, 0.1) is 6.92 Å². The first-order valence-corrected chi connectivity index (χ1v) is 6.75. The van der Waals surface area contributed by atoms with E-state index in [0.717, 1.165) is 29.8 Å². The van der Waals surface area contributed by atoms with E-state index in [2.05, 4.69) is 20.8 Å². The lowest BCUT2D eigenvalue weighted by Gasteiger charge is -2.21. The number of anilines is 1. The monoisotopic (exact) mass is 284 g/mol. The Kier molecular flexibility index (Phi) is 3.53. The molecule has 1 aromatic heterocycles. The highest BCUT2D eigenvalue weighted by Crippen LogP contribution is 2.27. The number of carbonyl (C=O) groups is 1. The number of aryl methyl sites for hydroxylation is 1. The lowest BCUT2D eigenvalue weighted by atomic mass is 10.0. The predicted octanol–water partition coefficient (Wildman–Crippen LogP) is 1.90. The van der Waals surface area contributed by atoms with Crippen LogP contribution in [0.25, 0.3) is 11.5 Å². The maximum atomic E-state index is 12.3. The quantitative estimate of drug-likeness (QED) is 0.841. The van der Waals surface area contributed by atoms with Crippen LogP contribution in [0.5, 0.6) is 0 Å². The van der Waals surface area contributed by atoms with Crippen LogP contribution in [-0.4, -0.2) is 29.2 Å². The maximum Gasteiger partial charge on any atom is 0.251 e. The number of benzene rings is 1. The molecular formula is C15H16N4O2. The highest BCUT2D eigenvalue weighted by molar-refractivity contribution is 6.05. The third-order valence-corrected chi connectivity index (χ3v) is 3.48. The predicted molar refractivity (Wildman–Crippen MR) is 78.7 cm³/mol. The van der Waals surface area contributed by atoms with Crippen molar-refractivity contribution >= 4 is 11.6 Å². The van der Waals surface area contributed by atoms with Crippen molar-refractivity contribution in [2.24, 2.45) is 0 Å². The van der Waals surface area contributed by atoms with Crippen LogP contribution >= 0.6 is 0 Å². The van der Waals surface area contributed by atoms with E-state index in [-0.39, 0.29) is 5.91 Å². The summed E-state index contributed by atoms with van der Waals surface area (Å²) in [6.45, 7) is 5.13. The van der Waals surface area contributed by atoms with E-state index in [0.29, 0.717) is 17.5 Å². The van der Waals surface area contributed by atoms with Gasteiger partial charge in [-0.15, -0.1) is 10.2 Å². The minimum Gasteiger partial charge on any atom is -0.421 e. The largest absolute Gasteiger partial charge is 0.421 e. The Morgan fingerprint density at radius 1 is 1.29 bits per heavy atom. The molecule has 0 atom stereocenters. The van der Waals surface area contributed by atoms with E-state index >= 15 is 0 Å². The number of hydrogen-bond donors (Lipinski definition) is 2. The highest BCUT2D eigenvalue weighted by Gasteiger charge is 2.18. The smallest absolute Gasteiger partial charge is 0.251 e. The Labute approximate surface area is 122 Å². The van der Waals surface area contributed by atoms with E-state index in [9.17, 15) is 4.79 Å². The molecule has 3 rings (SSSR count). The number of para-hydroxylation sites is 1. The highest BCUT2D eigenvalue weighted by atomic mass is 16.4. The number of aromatic nitrogens is 2. The van der Waals surface area contributed by atoms with Crippen molar-refractivity contribution in [3.8, 4) is 11.5 Å². The van der Waals surface area contributed by atoms with Gasteiger partial charge in [0, 0.05) is 25.6 Å². The van der Waals surface area contributed by atoms with Crippen molar-refractivity contribution in [1.82, 2.24) is 15.5 Å². The summed E-state index contributed by atoms with van der Waals surface area (Å²) >= 11 is 0. The number of hydrogen-bond acceptors (Lipinski definition) is 5. The Morgan fingerprint density at radius 2 is 2.05 bits per heavy atom. The molecule has 0 radical (unpaired) electrons. The third-order valence-electron chi connectivity index (χ3n) is 3.48. The first-order chi connectivity index (χ1) is 10.1. The summed E-state index contributed by atoms with van der Waals surface area (Å²) in [6, 6.07) is 7.39. The van der Waals surface area contributed by atoms with Crippen LogP contribution in [0.3, 0.4) is 0 Å². The van der Waals surface area contributed by atoms with Gasteiger partial charge in [0.2, 0.25) is 11.8 Å². The summed E-state index contributed by atoms with van der Waals surface area (Å²) < 4.78 is 5.44. The Balaban J connectivity index is 1.88. The Bertz CT molecular complexity index is 712. The SMILES string of the molecule is CC(C(=O)Nc1ccccc1-c1nnc(C)o1)=C1CNC1. The van der Waals surface area contributed by atoms with Gasteiger partial charge in [-0.1, -0.05) is 12.1 Å². The minimum atomic E-state index is -0.102. The number of nitrogens with zero attached hydrogens (tertiary/aromatic N) is 2. The van der Waals surface area contributed by atoms with E-state index in [1.54, 1.807) is 6.92 Å². The molecule has 0 bridgehead atoms. The average Bonchev–Trinajstić information content (AvgIpc) is 2.84. The van der Waals surface area contributed by atoms with Gasteiger partial charge in [-0.2, -0.15) is 0 Å². The molecule has 1 amide bonds. The molecule has 1 fully saturated rings. The second kappa shape index (κ2) is 5.49. The van der Waals surface area contributed by atoms with Gasteiger partial charge in [-0.25, -0.2) is 0 Å². The molecule has 108 valence electrons. The summed E-state index contributed by atoms with van der Waals surface area (Å²) in [6.07, 6.45) is 0. The molecule has 1 saturated heterocycles. The fourth-order valence-corrected chi connectivity index (χ4v) is 2.08. The Hall–Kier alpha value is -2.47. The van der Waals surface area contributed by atoms with Gasteiger partial charge in [0.15, 0.2) is 0 Å². The van der Waals surface area contributed by atoms with Crippen molar-refractivity contribution in [3.05, 3.63) is 41.3 Å². The summed E-state index contributed by atoms with van der Waals surface area (Å²) in [7, 11) is 0. The number of rotatable bonds is 3. The molecule has 0 aliphatic carbocycles. The van der Waals surface area contributed by atoms with Crippen LogP contribution in [-0.2, 0) is 4.79 Å². The topological polar surface area (TPSA) is 80.1 Å². The van der Waals surface area contributed by atoms with Crippen molar-refractivity contribution in [2.45, 2.75) is 13.8 Å². The van der Waals surface area contributed by atoms with Crippen LogP contribution < -0.4 is 10.6 Å².